The number of halogens is 2. The Hall–Kier alpha value is -2.28. The van der Waals surface area contributed by atoms with Gasteiger partial charge in [-0.15, -0.1) is 0 Å². The van der Waals surface area contributed by atoms with E-state index in [-0.39, 0.29) is 11.7 Å². The lowest BCUT2D eigenvalue weighted by atomic mass is 10.1. The molecule has 1 amide bonds. The normalized spacial score (nSPS) is 16.2. The van der Waals surface area contributed by atoms with Crippen LogP contribution in [0.3, 0.4) is 0 Å². The second-order valence-corrected chi connectivity index (χ2v) is 7.29. The van der Waals surface area contributed by atoms with E-state index in [9.17, 15) is 9.18 Å². The molecular weight excluding hydrogens is 379 g/mol. The standard InChI is InChI=1S/C21H24ClFN4O/c1-16(17-6-8-19(23)9-7-17)24-25-21(28)15-27-12-10-26(11-13-27)14-18-4-2-3-5-20(18)22/h2-9H,10-15H2,1H3,(H,25,28). The minimum absolute atomic E-state index is 0.152. The molecule has 0 radical (unpaired) electrons. The predicted octanol–water partition coefficient (Wildman–Crippen LogP) is 3.14. The molecule has 0 spiro atoms. The summed E-state index contributed by atoms with van der Waals surface area (Å²) in [5, 5.41) is 4.90. The smallest absolute Gasteiger partial charge is 0.254 e. The lowest BCUT2D eigenvalue weighted by Crippen LogP contribution is -2.48. The van der Waals surface area contributed by atoms with Crippen molar-refractivity contribution in [3.8, 4) is 0 Å². The molecule has 0 aromatic heterocycles. The van der Waals surface area contributed by atoms with Crippen LogP contribution in [0.5, 0.6) is 0 Å². The topological polar surface area (TPSA) is 47.9 Å². The Labute approximate surface area is 169 Å². The number of hydrogen-bond donors (Lipinski definition) is 1. The van der Waals surface area contributed by atoms with E-state index in [4.69, 9.17) is 11.6 Å². The first-order valence-electron chi connectivity index (χ1n) is 9.28. The molecule has 1 heterocycles. The van der Waals surface area contributed by atoms with Gasteiger partial charge >= 0.3 is 0 Å². The summed E-state index contributed by atoms with van der Waals surface area (Å²) in [5.74, 6) is -0.449. The summed E-state index contributed by atoms with van der Waals surface area (Å²) >= 11 is 6.23. The average Bonchev–Trinajstić information content (AvgIpc) is 2.70. The predicted molar refractivity (Wildman–Crippen MR) is 110 cm³/mol. The number of hydrogen-bond acceptors (Lipinski definition) is 4. The Morgan fingerprint density at radius 3 is 2.39 bits per heavy atom. The molecule has 1 fully saturated rings. The van der Waals surface area contributed by atoms with Gasteiger partial charge in [0.15, 0.2) is 0 Å². The van der Waals surface area contributed by atoms with Crippen molar-refractivity contribution >= 4 is 23.2 Å². The van der Waals surface area contributed by atoms with Crippen LogP contribution >= 0.6 is 11.6 Å². The highest BCUT2D eigenvalue weighted by atomic mass is 35.5. The zero-order valence-corrected chi connectivity index (χ0v) is 16.6. The second-order valence-electron chi connectivity index (χ2n) is 6.88. The van der Waals surface area contributed by atoms with Crippen molar-refractivity contribution in [2.24, 2.45) is 5.10 Å². The molecule has 0 aliphatic carbocycles. The van der Waals surface area contributed by atoms with E-state index in [0.717, 1.165) is 48.9 Å². The summed E-state index contributed by atoms with van der Waals surface area (Å²) in [4.78, 5) is 16.6. The minimum Gasteiger partial charge on any atom is -0.296 e. The maximum atomic E-state index is 13.0. The van der Waals surface area contributed by atoms with E-state index >= 15 is 0 Å². The Bertz CT molecular complexity index is 833. The van der Waals surface area contributed by atoms with Gasteiger partial charge in [-0.1, -0.05) is 41.9 Å². The first kappa shape index (κ1) is 20.5. The molecule has 148 valence electrons. The molecule has 2 aromatic carbocycles. The summed E-state index contributed by atoms with van der Waals surface area (Å²) in [7, 11) is 0. The molecular formula is C21H24ClFN4O. The molecule has 0 atom stereocenters. The summed E-state index contributed by atoms with van der Waals surface area (Å²) in [6.45, 7) is 6.31. The molecule has 1 aliphatic rings. The van der Waals surface area contributed by atoms with Gasteiger partial charge in [-0.05, 0) is 36.2 Å². The zero-order chi connectivity index (χ0) is 19.9. The Kier molecular flexibility index (Phi) is 7.14. The number of nitrogens with zero attached hydrogens (tertiary/aromatic N) is 3. The maximum Gasteiger partial charge on any atom is 0.254 e. The fourth-order valence-electron chi connectivity index (χ4n) is 3.11. The van der Waals surface area contributed by atoms with Gasteiger partial charge in [-0.2, -0.15) is 5.10 Å². The van der Waals surface area contributed by atoms with Crippen molar-refractivity contribution in [3.63, 3.8) is 0 Å². The molecule has 1 saturated heterocycles. The van der Waals surface area contributed by atoms with Crippen LogP contribution in [-0.4, -0.2) is 54.1 Å². The van der Waals surface area contributed by atoms with E-state index in [1.54, 1.807) is 19.1 Å². The number of piperazine rings is 1. The van der Waals surface area contributed by atoms with Crippen LogP contribution in [0, 0.1) is 5.82 Å². The number of rotatable bonds is 6. The largest absolute Gasteiger partial charge is 0.296 e. The molecule has 3 rings (SSSR count). The van der Waals surface area contributed by atoms with Crippen molar-refractivity contribution in [2.75, 3.05) is 32.7 Å². The molecule has 28 heavy (non-hydrogen) atoms. The van der Waals surface area contributed by atoms with Gasteiger partial charge in [-0.25, -0.2) is 9.82 Å². The molecule has 0 bridgehead atoms. The summed E-state index contributed by atoms with van der Waals surface area (Å²) < 4.78 is 13.0. The van der Waals surface area contributed by atoms with Crippen molar-refractivity contribution < 1.29 is 9.18 Å². The third-order valence-electron chi connectivity index (χ3n) is 4.79. The van der Waals surface area contributed by atoms with Crippen LogP contribution in [0.25, 0.3) is 0 Å². The zero-order valence-electron chi connectivity index (χ0n) is 15.9. The Morgan fingerprint density at radius 1 is 1.07 bits per heavy atom. The quantitative estimate of drug-likeness (QED) is 0.596. The lowest BCUT2D eigenvalue weighted by Gasteiger charge is -2.34. The molecule has 0 unspecified atom stereocenters. The van der Waals surface area contributed by atoms with E-state index in [2.05, 4.69) is 20.3 Å². The summed E-state index contributed by atoms with van der Waals surface area (Å²) in [5.41, 5.74) is 5.12. The van der Waals surface area contributed by atoms with E-state index in [0.29, 0.717) is 12.3 Å². The first-order chi connectivity index (χ1) is 13.5. The van der Waals surface area contributed by atoms with E-state index < -0.39 is 0 Å². The van der Waals surface area contributed by atoms with Gasteiger partial charge in [0, 0.05) is 37.7 Å². The van der Waals surface area contributed by atoms with Crippen molar-refractivity contribution in [3.05, 3.63) is 70.5 Å². The van der Waals surface area contributed by atoms with Gasteiger partial charge in [0.05, 0.1) is 12.3 Å². The van der Waals surface area contributed by atoms with Crippen LogP contribution in [0.2, 0.25) is 5.02 Å². The number of nitrogens with one attached hydrogen (secondary N) is 1. The summed E-state index contributed by atoms with van der Waals surface area (Å²) in [6.07, 6.45) is 0. The highest BCUT2D eigenvalue weighted by Crippen LogP contribution is 2.17. The number of benzene rings is 2. The molecule has 1 aliphatic heterocycles. The van der Waals surface area contributed by atoms with E-state index in [1.807, 2.05) is 24.3 Å². The van der Waals surface area contributed by atoms with Gasteiger partial charge in [0.1, 0.15) is 5.82 Å². The molecule has 7 heteroatoms. The van der Waals surface area contributed by atoms with Crippen LogP contribution < -0.4 is 5.43 Å². The number of amides is 1. The van der Waals surface area contributed by atoms with Crippen LogP contribution in [-0.2, 0) is 11.3 Å². The monoisotopic (exact) mass is 402 g/mol. The molecule has 0 saturated carbocycles. The highest BCUT2D eigenvalue weighted by Gasteiger charge is 2.19. The molecule has 1 N–H and O–H groups in total. The lowest BCUT2D eigenvalue weighted by molar-refractivity contribution is -0.122. The average molecular weight is 403 g/mol. The SMILES string of the molecule is CC(=NNC(=O)CN1CCN(Cc2ccccc2Cl)CC1)c1ccc(F)cc1. The first-order valence-corrected chi connectivity index (χ1v) is 9.66. The Balaban J connectivity index is 1.43. The third kappa shape index (κ3) is 5.86. The van der Waals surface area contributed by atoms with Crippen molar-refractivity contribution in [2.45, 2.75) is 13.5 Å². The number of carbonyl (C=O) groups excluding carboxylic acids is 1. The van der Waals surface area contributed by atoms with Crippen LogP contribution in [0.4, 0.5) is 4.39 Å². The fourth-order valence-corrected chi connectivity index (χ4v) is 3.31. The summed E-state index contributed by atoms with van der Waals surface area (Å²) in [6, 6.07) is 13.9. The van der Waals surface area contributed by atoms with Crippen LogP contribution in [0.1, 0.15) is 18.1 Å². The van der Waals surface area contributed by atoms with Gasteiger partial charge < -0.3 is 0 Å². The molecule has 5 nitrogen and oxygen atoms in total. The second kappa shape index (κ2) is 9.78. The van der Waals surface area contributed by atoms with Crippen LogP contribution in [0.15, 0.2) is 53.6 Å². The van der Waals surface area contributed by atoms with Gasteiger partial charge in [-0.3, -0.25) is 14.6 Å². The minimum atomic E-state index is -0.297. The van der Waals surface area contributed by atoms with Crippen molar-refractivity contribution in [1.82, 2.24) is 15.2 Å². The number of hydrazone groups is 1. The number of carbonyl (C=O) groups is 1. The maximum absolute atomic E-state index is 13.0. The highest BCUT2D eigenvalue weighted by molar-refractivity contribution is 6.31. The molecule has 2 aromatic rings. The van der Waals surface area contributed by atoms with Crippen molar-refractivity contribution in [1.29, 1.82) is 0 Å². The van der Waals surface area contributed by atoms with E-state index in [1.165, 1.54) is 12.1 Å². The third-order valence-corrected chi connectivity index (χ3v) is 5.16. The van der Waals surface area contributed by atoms with Gasteiger partial charge in [0.2, 0.25) is 0 Å². The Morgan fingerprint density at radius 2 is 1.71 bits per heavy atom. The fraction of sp³-hybridized carbons (Fsp3) is 0.333. The van der Waals surface area contributed by atoms with Gasteiger partial charge in [0.25, 0.3) is 5.91 Å².